The number of carbonyl (C=O) groups excluding carboxylic acids is 1. The first kappa shape index (κ1) is 19.2. The molecule has 0 atom stereocenters. The third kappa shape index (κ3) is 5.48. The van der Waals surface area contributed by atoms with E-state index in [-0.39, 0.29) is 12.5 Å². The van der Waals surface area contributed by atoms with Crippen LogP contribution in [0.25, 0.3) is 11.4 Å². The van der Waals surface area contributed by atoms with Crippen LogP contribution in [0.3, 0.4) is 0 Å². The molecule has 10 heteroatoms. The Kier molecular flexibility index (Phi) is 6.47. The van der Waals surface area contributed by atoms with E-state index in [2.05, 4.69) is 31.6 Å². The number of carbonyl (C=O) groups is 1. The summed E-state index contributed by atoms with van der Waals surface area (Å²) in [7, 11) is 1.62. The normalized spacial score (nSPS) is 10.2. The first-order valence-electron chi connectivity index (χ1n) is 8.43. The molecule has 0 radical (unpaired) electrons. The summed E-state index contributed by atoms with van der Waals surface area (Å²) in [4.78, 5) is 13.2. The number of hydrogen-bond acceptors (Lipinski definition) is 6. The van der Waals surface area contributed by atoms with Gasteiger partial charge in [0.25, 0.3) is 5.91 Å². The number of thiocarbonyl (C=S) groups is 1. The van der Waals surface area contributed by atoms with Crippen molar-refractivity contribution >= 4 is 23.2 Å². The number of hydrazine groups is 1. The fourth-order valence-corrected chi connectivity index (χ4v) is 2.40. The second-order valence-corrected chi connectivity index (χ2v) is 6.12. The topological polar surface area (TPSA) is 106 Å². The highest BCUT2D eigenvalue weighted by atomic mass is 32.1. The van der Waals surface area contributed by atoms with Crippen molar-refractivity contribution in [3.63, 3.8) is 0 Å². The molecule has 0 aliphatic rings. The van der Waals surface area contributed by atoms with Gasteiger partial charge in [0.15, 0.2) is 5.11 Å². The summed E-state index contributed by atoms with van der Waals surface area (Å²) in [5, 5.41) is 15.3. The van der Waals surface area contributed by atoms with E-state index in [9.17, 15) is 4.79 Å². The van der Waals surface area contributed by atoms with Crippen molar-refractivity contribution in [3.05, 3.63) is 60.2 Å². The Labute approximate surface area is 167 Å². The van der Waals surface area contributed by atoms with E-state index in [1.165, 1.54) is 4.80 Å². The van der Waals surface area contributed by atoms with Gasteiger partial charge in [-0.25, -0.2) is 0 Å². The number of tetrazole rings is 1. The van der Waals surface area contributed by atoms with Crippen molar-refractivity contribution in [2.45, 2.75) is 13.1 Å². The van der Waals surface area contributed by atoms with Gasteiger partial charge in [0, 0.05) is 12.1 Å². The zero-order chi connectivity index (χ0) is 19.8. The molecule has 3 N–H and O–H groups in total. The second-order valence-electron chi connectivity index (χ2n) is 5.71. The van der Waals surface area contributed by atoms with E-state index in [1.54, 1.807) is 7.11 Å². The van der Waals surface area contributed by atoms with Gasteiger partial charge in [-0.15, -0.1) is 10.2 Å². The molecule has 3 aromatic rings. The Morgan fingerprint density at radius 1 is 1.11 bits per heavy atom. The Morgan fingerprint density at radius 3 is 2.57 bits per heavy atom. The van der Waals surface area contributed by atoms with Crippen LogP contribution in [-0.2, 0) is 17.9 Å². The number of benzene rings is 2. The molecule has 0 saturated heterocycles. The van der Waals surface area contributed by atoms with Crippen molar-refractivity contribution in [1.82, 2.24) is 36.4 Å². The van der Waals surface area contributed by atoms with Gasteiger partial charge >= 0.3 is 0 Å². The lowest BCUT2D eigenvalue weighted by Gasteiger charge is -2.11. The summed E-state index contributed by atoms with van der Waals surface area (Å²) in [6.07, 6.45) is 0. The van der Waals surface area contributed by atoms with Crippen LogP contribution in [0.5, 0.6) is 5.75 Å². The van der Waals surface area contributed by atoms with Gasteiger partial charge in [-0.1, -0.05) is 42.5 Å². The fraction of sp³-hybridized carbons (Fsp3) is 0.167. The summed E-state index contributed by atoms with van der Waals surface area (Å²) in [5.41, 5.74) is 6.99. The molecule has 1 aromatic heterocycles. The molecule has 0 unspecified atom stereocenters. The van der Waals surface area contributed by atoms with Gasteiger partial charge in [-0.3, -0.25) is 15.6 Å². The van der Waals surface area contributed by atoms with Gasteiger partial charge in [0.1, 0.15) is 12.3 Å². The SMILES string of the molecule is COc1ccc(CNC(=S)NNC(=O)Cn2nnc(-c3ccccc3)n2)cc1. The highest BCUT2D eigenvalue weighted by Gasteiger charge is 2.09. The van der Waals surface area contributed by atoms with Crippen LogP contribution in [0.2, 0.25) is 0 Å². The van der Waals surface area contributed by atoms with Gasteiger partial charge < -0.3 is 10.1 Å². The quantitative estimate of drug-likeness (QED) is 0.419. The maximum absolute atomic E-state index is 12.0. The molecular weight excluding hydrogens is 378 g/mol. The van der Waals surface area contributed by atoms with Crippen molar-refractivity contribution in [2.24, 2.45) is 0 Å². The molecule has 0 saturated carbocycles. The van der Waals surface area contributed by atoms with E-state index in [1.807, 2.05) is 54.6 Å². The number of hydrogen-bond donors (Lipinski definition) is 3. The molecule has 3 rings (SSSR count). The van der Waals surface area contributed by atoms with E-state index >= 15 is 0 Å². The van der Waals surface area contributed by atoms with E-state index in [0.717, 1.165) is 16.9 Å². The minimum atomic E-state index is -0.356. The summed E-state index contributed by atoms with van der Waals surface area (Å²) in [6.45, 7) is 0.421. The molecule has 1 amide bonds. The summed E-state index contributed by atoms with van der Waals surface area (Å²) < 4.78 is 5.11. The number of aromatic nitrogens is 4. The molecule has 0 aliphatic carbocycles. The first-order valence-corrected chi connectivity index (χ1v) is 8.84. The van der Waals surface area contributed by atoms with E-state index < -0.39 is 0 Å². The largest absolute Gasteiger partial charge is 0.497 e. The van der Waals surface area contributed by atoms with Crippen LogP contribution in [0, 0.1) is 0 Å². The average molecular weight is 397 g/mol. The van der Waals surface area contributed by atoms with Gasteiger partial charge in [-0.2, -0.15) is 4.80 Å². The fourth-order valence-electron chi connectivity index (χ4n) is 2.28. The van der Waals surface area contributed by atoms with Crippen LogP contribution < -0.4 is 20.9 Å². The average Bonchev–Trinajstić information content (AvgIpc) is 3.20. The van der Waals surface area contributed by atoms with Crippen molar-refractivity contribution in [1.29, 1.82) is 0 Å². The summed E-state index contributed by atoms with van der Waals surface area (Å²) in [6, 6.07) is 17.0. The number of rotatable bonds is 6. The molecule has 0 spiro atoms. The first-order chi connectivity index (χ1) is 13.6. The third-order valence-corrected chi connectivity index (χ3v) is 3.94. The number of ether oxygens (including phenoxy) is 1. The predicted molar refractivity (Wildman–Crippen MR) is 107 cm³/mol. The molecule has 2 aromatic carbocycles. The Morgan fingerprint density at radius 2 is 1.86 bits per heavy atom. The van der Waals surface area contributed by atoms with Crippen LogP contribution in [0.4, 0.5) is 0 Å². The minimum absolute atomic E-state index is 0.0894. The van der Waals surface area contributed by atoms with Crippen LogP contribution in [0.1, 0.15) is 5.56 Å². The third-order valence-electron chi connectivity index (χ3n) is 3.70. The lowest BCUT2D eigenvalue weighted by Crippen LogP contribution is -2.47. The number of amides is 1. The van der Waals surface area contributed by atoms with Crippen molar-refractivity contribution in [2.75, 3.05) is 7.11 Å². The molecule has 144 valence electrons. The monoisotopic (exact) mass is 397 g/mol. The second kappa shape index (κ2) is 9.42. The zero-order valence-corrected chi connectivity index (χ0v) is 15.9. The van der Waals surface area contributed by atoms with Gasteiger partial charge in [0.05, 0.1) is 7.11 Å². The Balaban J connectivity index is 1.41. The maximum Gasteiger partial charge on any atom is 0.262 e. The number of methoxy groups -OCH3 is 1. The lowest BCUT2D eigenvalue weighted by atomic mass is 10.2. The van der Waals surface area contributed by atoms with E-state index in [4.69, 9.17) is 17.0 Å². The molecule has 0 aliphatic heterocycles. The summed E-state index contributed by atoms with van der Waals surface area (Å²) in [5.74, 6) is 0.887. The van der Waals surface area contributed by atoms with E-state index in [0.29, 0.717) is 17.5 Å². The molecule has 0 bridgehead atoms. The molecule has 1 heterocycles. The standard InChI is InChI=1S/C18H19N7O2S/c1-27-15-9-7-13(8-10-15)11-19-18(28)22-20-16(26)12-25-23-17(21-24-25)14-5-3-2-4-6-14/h2-10H,11-12H2,1H3,(H,20,26)(H2,19,22,28). The zero-order valence-electron chi connectivity index (χ0n) is 15.1. The predicted octanol–water partition coefficient (Wildman–Crippen LogP) is 1.04. The van der Waals surface area contributed by atoms with Crippen LogP contribution >= 0.6 is 12.2 Å². The molecule has 28 heavy (non-hydrogen) atoms. The highest BCUT2D eigenvalue weighted by Crippen LogP contribution is 2.12. The van der Waals surface area contributed by atoms with Crippen molar-refractivity contribution in [3.8, 4) is 17.1 Å². The maximum atomic E-state index is 12.0. The highest BCUT2D eigenvalue weighted by molar-refractivity contribution is 7.80. The minimum Gasteiger partial charge on any atom is -0.497 e. The number of nitrogens with zero attached hydrogens (tertiary/aromatic N) is 4. The summed E-state index contributed by atoms with van der Waals surface area (Å²) >= 11 is 5.14. The van der Waals surface area contributed by atoms with Crippen LogP contribution in [0.15, 0.2) is 54.6 Å². The van der Waals surface area contributed by atoms with Gasteiger partial charge in [-0.05, 0) is 35.1 Å². The van der Waals surface area contributed by atoms with Gasteiger partial charge in [0.2, 0.25) is 5.82 Å². The lowest BCUT2D eigenvalue weighted by molar-refractivity contribution is -0.122. The molecule has 9 nitrogen and oxygen atoms in total. The van der Waals surface area contributed by atoms with Crippen molar-refractivity contribution < 1.29 is 9.53 Å². The number of nitrogens with one attached hydrogen (secondary N) is 3. The smallest absolute Gasteiger partial charge is 0.262 e. The Hall–Kier alpha value is -3.53. The Bertz CT molecular complexity index is 929. The molecular formula is C18H19N7O2S. The molecule has 0 fully saturated rings. The van der Waals surface area contributed by atoms with Crippen LogP contribution in [-0.4, -0.2) is 38.3 Å².